The number of nitrogens with zero attached hydrogens (tertiary/aromatic N) is 9. The summed E-state index contributed by atoms with van der Waals surface area (Å²) in [5, 5.41) is 56.2. The maximum absolute atomic E-state index is 14.5. The molecule has 0 aliphatic carbocycles. The Kier molecular flexibility index (Phi) is 22.2. The van der Waals surface area contributed by atoms with E-state index in [2.05, 4.69) is 25.1 Å². The van der Waals surface area contributed by atoms with E-state index in [0.29, 0.717) is 158 Å². The molecule has 0 fully saturated rings. The van der Waals surface area contributed by atoms with Crippen LogP contribution in [0.3, 0.4) is 0 Å². The Morgan fingerprint density at radius 2 is 0.525 bits per heavy atom. The summed E-state index contributed by atoms with van der Waals surface area (Å²) < 4.78 is 4.11. The summed E-state index contributed by atoms with van der Waals surface area (Å²) in [6.07, 6.45) is 12.8. The fourth-order valence-corrected chi connectivity index (χ4v) is 26.3. The number of non-ortho nitro benzene ring substituents is 3. The number of aromatic nitrogens is 2. The molecule has 0 saturated heterocycles. The first-order valence-corrected chi connectivity index (χ1v) is 50.4. The first-order valence-electron chi connectivity index (χ1n) is 49.6. The highest BCUT2D eigenvalue weighted by molar-refractivity contribution is 7.20. The molecule has 0 unspecified atom stereocenters. The second-order valence-electron chi connectivity index (χ2n) is 38.5. The van der Waals surface area contributed by atoms with Crippen molar-refractivity contribution in [3.8, 4) is 0 Å². The first kappa shape index (κ1) is 92.3. The van der Waals surface area contributed by atoms with E-state index >= 15 is 0 Å². The number of carbonyl (C=O) groups excluding carboxylic acids is 8. The Hall–Kier alpha value is -15.1. The lowest BCUT2D eigenvalue weighted by Crippen LogP contribution is -2.46. The van der Waals surface area contributed by atoms with Gasteiger partial charge in [-0.1, -0.05) is 146 Å². The zero-order valence-electron chi connectivity index (χ0n) is 80.7. The van der Waals surface area contributed by atoms with Gasteiger partial charge in [0.15, 0.2) is 0 Å². The molecule has 7 heterocycles. The van der Waals surface area contributed by atoms with Crippen LogP contribution in [0.4, 0.5) is 17.1 Å². The number of amides is 8. The Labute approximate surface area is 808 Å². The van der Waals surface area contributed by atoms with Crippen molar-refractivity contribution in [1.82, 2.24) is 28.7 Å². The molecule has 0 N–H and O–H groups in total. The van der Waals surface area contributed by atoms with Crippen LogP contribution in [0.15, 0.2) is 134 Å². The molecule has 19 aromatic rings. The van der Waals surface area contributed by atoms with E-state index in [4.69, 9.17) is 0 Å². The normalized spacial score (nSPS) is 14.2. The number of hydrogen-bond donors (Lipinski definition) is 0. The highest BCUT2D eigenvalue weighted by atomic mass is 32.1. The molecule has 27 nitrogen and oxygen atoms in total. The number of fused-ring (bicyclic) bond motifs is 8. The van der Waals surface area contributed by atoms with Gasteiger partial charge in [0.25, 0.3) is 86.6 Å². The van der Waals surface area contributed by atoms with Crippen molar-refractivity contribution in [3.05, 3.63) is 242 Å². The zero-order chi connectivity index (χ0) is 99.7. The number of rotatable bonds is 26. The predicted octanol–water partition coefficient (Wildman–Crippen LogP) is 25.3. The number of imide groups is 4. The number of aryl methyl sites for hydroxylation is 2. The lowest BCUT2D eigenvalue weighted by Gasteiger charge is -2.34. The molecule has 141 heavy (non-hydrogen) atoms. The largest absolute Gasteiger partial charge is 0.278 e. The summed E-state index contributed by atoms with van der Waals surface area (Å²) in [5.41, 5.74) is 0.169. The monoisotopic (exact) mass is 1900 g/mol. The van der Waals surface area contributed by atoms with Gasteiger partial charge in [0.1, 0.15) is 0 Å². The van der Waals surface area contributed by atoms with Crippen LogP contribution in [0.25, 0.3) is 172 Å². The van der Waals surface area contributed by atoms with E-state index in [-0.39, 0.29) is 135 Å². The molecule has 4 aliphatic heterocycles. The molecule has 0 bridgehead atoms. The van der Waals surface area contributed by atoms with Crippen molar-refractivity contribution in [1.29, 1.82) is 0 Å². The van der Waals surface area contributed by atoms with Crippen LogP contribution < -0.4 is 22.2 Å². The van der Waals surface area contributed by atoms with E-state index < -0.39 is 67.6 Å². The molecule has 16 aromatic carbocycles. The van der Waals surface area contributed by atoms with Crippen LogP contribution in [0.5, 0.6) is 0 Å². The molecular weight excluding hydrogens is 1800 g/mol. The van der Waals surface area contributed by atoms with Gasteiger partial charge >= 0.3 is 0 Å². The van der Waals surface area contributed by atoms with Gasteiger partial charge in [-0.05, 0) is 233 Å². The number of hydrogen-bond acceptors (Lipinski definition) is 19. The molecule has 0 saturated carbocycles. The molecule has 8 amide bonds. The number of thiophene rings is 1. The van der Waals surface area contributed by atoms with Crippen molar-refractivity contribution in [2.45, 2.75) is 242 Å². The van der Waals surface area contributed by atoms with Gasteiger partial charge in [0.05, 0.1) is 47.6 Å². The quantitative estimate of drug-likeness (QED) is 0.0121. The highest BCUT2D eigenvalue weighted by Gasteiger charge is 2.47. The number of benzene rings is 16. The van der Waals surface area contributed by atoms with Crippen molar-refractivity contribution in [3.63, 3.8) is 0 Å². The Bertz CT molecular complexity index is 8790. The summed E-state index contributed by atoms with van der Waals surface area (Å²) in [4.78, 5) is 211. The van der Waals surface area contributed by atoms with Crippen molar-refractivity contribution in [2.75, 3.05) is 0 Å². The third-order valence-corrected chi connectivity index (χ3v) is 33.1. The molecule has 3 aromatic heterocycles. The standard InChI is InChI=1S/C44H42N2O4S.C35H31N3O6.C34H28N4O8/c1-6-11-12-13-14-24-19-30-29-20-32-34-27(41(47)45(43(32)49)22(7-2)8-3)17-15-25-26-16-18-28-35-33(44(50)46(42(28)48)23(9-4)10-5)21-31(40(30)51-24)39(37(26)35)38(29)36(25)34;1-6-17(7-2)36-32(39)21-13-11-20-29-25(38(43)44)15-24-28-22(33(40)37(35(24)42)18(8-3)9-4)12-10-19(31(28)29)26-16(5)14-23(34(36)41)27(21)30(20)26;1-5-15(6-2)35-31(39)19-11-9-17-25-18(10-12-20(26(19)25)32(35)40)29-24(38(45)46)14-22-27-21(13-23(37(43)44)28(17)30(27)29)33(41)36(34(22)42)16(7-3)8-4/h15-23H,6-14H2,1-5H3;10-15,17-18H,6-9H2,1-5H3;9-16H,5-8H2,1-4H3. The maximum Gasteiger partial charge on any atom is 0.278 e. The minimum Gasteiger partial charge on any atom is -0.271 e. The van der Waals surface area contributed by atoms with Crippen LogP contribution >= 0.6 is 11.3 Å². The van der Waals surface area contributed by atoms with Gasteiger partial charge in [-0.25, -0.2) is 0 Å². The minimum absolute atomic E-state index is 0.00111. The smallest absolute Gasteiger partial charge is 0.271 e. The highest BCUT2D eigenvalue weighted by Crippen LogP contribution is 2.57. The zero-order valence-corrected chi connectivity index (χ0v) is 81.6. The molecule has 0 radical (unpaired) electrons. The van der Waals surface area contributed by atoms with Crippen LogP contribution in [0, 0.1) is 37.3 Å². The van der Waals surface area contributed by atoms with E-state index in [9.17, 15) is 87.9 Å². The maximum atomic E-state index is 14.5. The van der Waals surface area contributed by atoms with Crippen LogP contribution in [-0.2, 0) is 6.42 Å². The molecule has 4 aliphatic rings. The first-order chi connectivity index (χ1) is 67.9. The summed E-state index contributed by atoms with van der Waals surface area (Å²) in [7, 11) is 0. The molecule has 712 valence electrons. The van der Waals surface area contributed by atoms with Gasteiger partial charge in [-0.15, -0.1) is 11.3 Å². The fraction of sp³-hybridized carbons (Fsp3) is 0.327. The number of unbranched alkanes of at least 4 members (excludes halogenated alkanes) is 3. The van der Waals surface area contributed by atoms with Gasteiger partial charge in [-0.3, -0.25) is 117 Å². The SMILES string of the molecule is CCC(CC)N1C(=O)c2ccc3c4c([N+](=O)[O-])cc5c6c(cc([N+](=O)[O-])c(c7ccc(c2c37)C1=O)c64)C(=O)N(C(CC)CC)C5=O.CCC(CC)N1C(=O)c2ccc3c4c([N+](=O)[O-])cc5c6c(ccc(c7c(C)cc(c2c37)C1=O)c64)C(=O)N(C(CC)CC)C5=O.CCCCCCc1cc2c3cc4c(=O)n(C(CC)CC)c(=O)c5ccc6c7ccc8c(=O)n(C(CC)CC)c(=O)c9cc(c2s1)c(c7c89)c3c6c54. The Morgan fingerprint density at radius 1 is 0.248 bits per heavy atom. The lowest BCUT2D eigenvalue weighted by molar-refractivity contribution is -0.383. The summed E-state index contributed by atoms with van der Waals surface area (Å²) >= 11 is 1.79. The van der Waals surface area contributed by atoms with Crippen LogP contribution in [0.2, 0.25) is 0 Å². The molecule has 0 spiro atoms. The summed E-state index contributed by atoms with van der Waals surface area (Å²) in [5.74, 6) is -4.10. The van der Waals surface area contributed by atoms with E-state index in [1.807, 2.05) is 114 Å². The molecule has 23 rings (SSSR count). The van der Waals surface area contributed by atoms with E-state index in [1.165, 1.54) is 66.2 Å². The minimum atomic E-state index is -0.700. The summed E-state index contributed by atoms with van der Waals surface area (Å²) in [6.45, 7) is 27.3. The molecule has 28 heteroatoms. The second kappa shape index (κ2) is 33.9. The summed E-state index contributed by atoms with van der Waals surface area (Å²) in [6, 6.07) is 30.8. The lowest BCUT2D eigenvalue weighted by atomic mass is 9.80. The topological polar surface area (TPSA) is 357 Å². The van der Waals surface area contributed by atoms with Crippen LogP contribution in [0.1, 0.15) is 298 Å². The van der Waals surface area contributed by atoms with Crippen molar-refractivity contribution in [2.24, 2.45) is 0 Å². The van der Waals surface area contributed by atoms with Crippen molar-refractivity contribution < 1.29 is 53.1 Å². The third-order valence-electron chi connectivity index (χ3n) is 31.9. The second-order valence-corrected chi connectivity index (χ2v) is 39.6. The van der Waals surface area contributed by atoms with Gasteiger partial charge in [0, 0.05) is 173 Å². The molecular formula is C113H101N9O18S. The van der Waals surface area contributed by atoms with Crippen molar-refractivity contribution >= 4 is 247 Å². The number of pyridine rings is 2. The van der Waals surface area contributed by atoms with E-state index in [1.54, 1.807) is 53.8 Å². The number of nitro groups is 3. The Balaban J connectivity index is 0.000000126. The average molecular weight is 1910 g/mol. The average Bonchev–Trinajstić information content (AvgIpc) is 1.65. The molecule has 0 atom stereocenters. The van der Waals surface area contributed by atoms with Gasteiger partial charge in [-0.2, -0.15) is 0 Å². The fourth-order valence-electron chi connectivity index (χ4n) is 25.1. The number of carbonyl (C=O) groups is 8. The Morgan fingerprint density at radius 3 is 0.894 bits per heavy atom. The van der Waals surface area contributed by atoms with Crippen LogP contribution in [-0.4, -0.2) is 115 Å². The third kappa shape index (κ3) is 12.5. The van der Waals surface area contributed by atoms with E-state index in [0.717, 1.165) is 105 Å². The van der Waals surface area contributed by atoms with Gasteiger partial charge < -0.3 is 0 Å². The predicted molar refractivity (Wildman–Crippen MR) is 557 cm³/mol. The number of nitro benzene ring substituents is 3. The van der Waals surface area contributed by atoms with Gasteiger partial charge in [0.2, 0.25) is 0 Å².